The fourth-order valence-electron chi connectivity index (χ4n) is 1.66. The fraction of sp³-hybridized carbons (Fsp3) is 0.231. The third kappa shape index (κ3) is 3.66. The molecule has 2 aromatic heterocycles. The maximum Gasteiger partial charge on any atom is 0.337 e. The van der Waals surface area contributed by atoms with Crippen LogP contribution in [0, 0.1) is 0 Å². The Balaban J connectivity index is 2.10. The van der Waals surface area contributed by atoms with Crippen molar-refractivity contribution in [3.05, 3.63) is 46.3 Å². The number of hydrogen-bond donors (Lipinski definition) is 1. The van der Waals surface area contributed by atoms with Crippen LogP contribution in [0.4, 0.5) is 0 Å². The highest BCUT2D eigenvalue weighted by atomic mass is 32.2. The van der Waals surface area contributed by atoms with Gasteiger partial charge in [-0.05, 0) is 30.0 Å². The number of pyridine rings is 1. The summed E-state index contributed by atoms with van der Waals surface area (Å²) in [6, 6.07) is 6.31. The van der Waals surface area contributed by atoms with Gasteiger partial charge >= 0.3 is 5.97 Å². The zero-order valence-electron chi connectivity index (χ0n) is 11.3. The number of carbonyl (C=O) groups is 1. The van der Waals surface area contributed by atoms with Crippen molar-refractivity contribution in [1.82, 2.24) is 9.29 Å². The molecule has 0 aliphatic rings. The van der Waals surface area contributed by atoms with Gasteiger partial charge in [0.05, 0.1) is 5.56 Å². The molecule has 2 rings (SSSR count). The number of nitrogens with zero attached hydrogens (tertiary/aromatic N) is 2. The molecule has 0 spiro atoms. The summed E-state index contributed by atoms with van der Waals surface area (Å²) in [6.45, 7) is 0.339. The lowest BCUT2D eigenvalue weighted by Gasteiger charge is -2.16. The average molecular weight is 326 g/mol. The van der Waals surface area contributed by atoms with E-state index in [4.69, 9.17) is 5.11 Å². The van der Waals surface area contributed by atoms with Gasteiger partial charge in [-0.1, -0.05) is 6.07 Å². The van der Waals surface area contributed by atoms with Crippen molar-refractivity contribution in [3.63, 3.8) is 0 Å². The van der Waals surface area contributed by atoms with E-state index in [0.29, 0.717) is 13.0 Å². The Morgan fingerprint density at radius 1 is 1.38 bits per heavy atom. The van der Waals surface area contributed by atoms with Crippen molar-refractivity contribution in [3.8, 4) is 0 Å². The number of carboxylic acids is 1. The van der Waals surface area contributed by atoms with Crippen LogP contribution in [0.2, 0.25) is 0 Å². The van der Waals surface area contributed by atoms with Crippen LogP contribution in [0.3, 0.4) is 0 Å². The molecule has 0 atom stereocenters. The lowest BCUT2D eigenvalue weighted by molar-refractivity contribution is 0.0696. The topological polar surface area (TPSA) is 87.6 Å². The average Bonchev–Trinajstić information content (AvgIpc) is 2.98. The molecule has 6 nitrogen and oxygen atoms in total. The van der Waals surface area contributed by atoms with E-state index >= 15 is 0 Å². The molecule has 0 radical (unpaired) electrons. The van der Waals surface area contributed by atoms with E-state index in [9.17, 15) is 13.2 Å². The number of carboxylic acid groups (broad SMARTS) is 1. The molecule has 0 unspecified atom stereocenters. The smallest absolute Gasteiger partial charge is 0.337 e. The first kappa shape index (κ1) is 15.6. The summed E-state index contributed by atoms with van der Waals surface area (Å²) < 4.78 is 25.8. The Morgan fingerprint density at radius 2 is 2.14 bits per heavy atom. The molecule has 0 saturated carbocycles. The SMILES string of the molecule is CN(CCc1cccs1)S(=O)(=O)c1ccc(C(=O)O)cn1. The van der Waals surface area contributed by atoms with E-state index in [2.05, 4.69) is 4.98 Å². The largest absolute Gasteiger partial charge is 0.478 e. The number of rotatable bonds is 6. The van der Waals surface area contributed by atoms with Gasteiger partial charge in [0.2, 0.25) is 0 Å². The Kier molecular flexibility index (Phi) is 4.71. The summed E-state index contributed by atoms with van der Waals surface area (Å²) in [4.78, 5) is 15.6. The number of likely N-dealkylation sites (N-methyl/N-ethyl adjacent to an activating group) is 1. The standard InChI is InChI=1S/C13H14N2O4S2/c1-15(7-6-11-3-2-8-20-11)21(18,19)12-5-4-10(9-14-12)13(16)17/h2-5,8-9H,6-7H2,1H3,(H,16,17). The molecule has 2 heterocycles. The van der Waals surface area contributed by atoms with Gasteiger partial charge in [-0.25, -0.2) is 18.2 Å². The summed E-state index contributed by atoms with van der Waals surface area (Å²) in [5.41, 5.74) is -0.0461. The molecule has 0 bridgehead atoms. The number of hydrogen-bond acceptors (Lipinski definition) is 5. The summed E-state index contributed by atoms with van der Waals surface area (Å²) >= 11 is 1.57. The van der Waals surface area contributed by atoms with Gasteiger partial charge in [-0.3, -0.25) is 0 Å². The summed E-state index contributed by atoms with van der Waals surface area (Å²) in [7, 11) is -2.22. The first-order valence-electron chi connectivity index (χ1n) is 6.09. The van der Waals surface area contributed by atoms with E-state index in [1.807, 2.05) is 17.5 Å². The zero-order valence-corrected chi connectivity index (χ0v) is 12.9. The van der Waals surface area contributed by atoms with Crippen molar-refractivity contribution in [2.24, 2.45) is 0 Å². The normalized spacial score (nSPS) is 11.7. The number of aromatic carboxylic acids is 1. The molecule has 1 N–H and O–H groups in total. The Hall–Kier alpha value is -1.77. The molecular formula is C13H14N2O4S2. The van der Waals surface area contributed by atoms with E-state index in [0.717, 1.165) is 11.1 Å². The molecule has 0 aliphatic heterocycles. The molecule has 21 heavy (non-hydrogen) atoms. The minimum absolute atomic E-state index is 0.0461. The van der Waals surface area contributed by atoms with Gasteiger partial charge < -0.3 is 5.11 Å². The Morgan fingerprint density at radius 3 is 2.67 bits per heavy atom. The minimum Gasteiger partial charge on any atom is -0.478 e. The lowest BCUT2D eigenvalue weighted by Crippen LogP contribution is -2.29. The first-order chi connectivity index (χ1) is 9.91. The van der Waals surface area contributed by atoms with Crippen LogP contribution in [0.5, 0.6) is 0 Å². The molecular weight excluding hydrogens is 312 g/mol. The molecule has 8 heteroatoms. The second-order valence-corrected chi connectivity index (χ2v) is 7.37. The molecule has 0 amide bonds. The third-order valence-electron chi connectivity index (χ3n) is 2.91. The van der Waals surface area contributed by atoms with Crippen LogP contribution < -0.4 is 0 Å². The van der Waals surface area contributed by atoms with Gasteiger partial charge in [0.25, 0.3) is 10.0 Å². The van der Waals surface area contributed by atoms with E-state index in [1.54, 1.807) is 11.3 Å². The predicted molar refractivity (Wildman–Crippen MR) is 79.0 cm³/mol. The highest BCUT2D eigenvalue weighted by molar-refractivity contribution is 7.89. The highest BCUT2D eigenvalue weighted by Crippen LogP contribution is 2.15. The number of sulfonamides is 1. The van der Waals surface area contributed by atoms with E-state index in [-0.39, 0.29) is 10.6 Å². The molecule has 0 saturated heterocycles. The van der Waals surface area contributed by atoms with Gasteiger partial charge in [0.15, 0.2) is 5.03 Å². The Labute approximate surface area is 126 Å². The van der Waals surface area contributed by atoms with Crippen LogP contribution in [0.15, 0.2) is 40.9 Å². The van der Waals surface area contributed by atoms with Gasteiger partial charge in [-0.15, -0.1) is 11.3 Å². The third-order valence-corrected chi connectivity index (χ3v) is 5.62. The van der Waals surface area contributed by atoms with Crippen LogP contribution in [0.25, 0.3) is 0 Å². The monoisotopic (exact) mass is 326 g/mol. The molecule has 0 fully saturated rings. The summed E-state index contributed by atoms with van der Waals surface area (Å²) in [5.74, 6) is -1.14. The number of thiophene rings is 1. The van der Waals surface area contributed by atoms with Crippen LogP contribution in [-0.4, -0.2) is 42.4 Å². The van der Waals surface area contributed by atoms with Crippen LogP contribution in [-0.2, 0) is 16.4 Å². The van der Waals surface area contributed by atoms with Crippen molar-refractivity contribution >= 4 is 27.3 Å². The highest BCUT2D eigenvalue weighted by Gasteiger charge is 2.22. The maximum absolute atomic E-state index is 12.3. The molecule has 2 aromatic rings. The summed E-state index contributed by atoms with van der Waals surface area (Å²) in [5, 5.41) is 10.6. The Bertz CT molecular complexity index is 709. The molecule has 0 aromatic carbocycles. The minimum atomic E-state index is -3.70. The van der Waals surface area contributed by atoms with Gasteiger partial charge in [-0.2, -0.15) is 4.31 Å². The zero-order chi connectivity index (χ0) is 15.5. The maximum atomic E-state index is 12.3. The fourth-order valence-corrected chi connectivity index (χ4v) is 3.44. The second kappa shape index (κ2) is 6.33. The van der Waals surface area contributed by atoms with Crippen LogP contribution >= 0.6 is 11.3 Å². The van der Waals surface area contributed by atoms with E-state index < -0.39 is 16.0 Å². The summed E-state index contributed by atoms with van der Waals surface area (Å²) in [6.07, 6.45) is 1.67. The quantitative estimate of drug-likeness (QED) is 0.873. The second-order valence-electron chi connectivity index (χ2n) is 4.35. The van der Waals surface area contributed by atoms with Crippen molar-refractivity contribution in [2.75, 3.05) is 13.6 Å². The number of aromatic nitrogens is 1. The van der Waals surface area contributed by atoms with Crippen LogP contribution in [0.1, 0.15) is 15.2 Å². The molecule has 0 aliphatic carbocycles. The molecule has 112 valence electrons. The lowest BCUT2D eigenvalue weighted by atomic mass is 10.3. The van der Waals surface area contributed by atoms with Crippen molar-refractivity contribution in [1.29, 1.82) is 0 Å². The van der Waals surface area contributed by atoms with Gasteiger partial charge in [0.1, 0.15) is 0 Å². The van der Waals surface area contributed by atoms with Crippen molar-refractivity contribution < 1.29 is 18.3 Å². The predicted octanol–water partition coefficient (Wildman–Crippen LogP) is 1.70. The first-order valence-corrected chi connectivity index (χ1v) is 8.41. The van der Waals surface area contributed by atoms with Crippen molar-refractivity contribution in [2.45, 2.75) is 11.4 Å². The van der Waals surface area contributed by atoms with E-state index in [1.165, 1.54) is 23.5 Å². The van der Waals surface area contributed by atoms with Gasteiger partial charge in [0, 0.05) is 24.7 Å².